The minimum atomic E-state index is -0.335. The molecule has 2 aliphatic heterocycles. The van der Waals surface area contributed by atoms with Crippen LogP contribution in [0.25, 0.3) is 11.1 Å². The molecule has 0 spiro atoms. The van der Waals surface area contributed by atoms with E-state index in [1.54, 1.807) is 50.6 Å². The molecule has 40 heavy (non-hydrogen) atoms. The fourth-order valence-electron chi connectivity index (χ4n) is 5.52. The first-order chi connectivity index (χ1) is 19.4. The van der Waals surface area contributed by atoms with E-state index >= 15 is 0 Å². The highest BCUT2D eigenvalue weighted by Crippen LogP contribution is 2.33. The SMILES string of the molecule is CN/C(=C\C(=N)Nc1cc(-c2ccnc(N3CCc4c(cc5n4CCCC5)C3=O)c2C=O)cn(C)c1=O)COC. The standard InChI is InChI=1S/C29H33N7O4/c1-31-19(17-40-3)13-26(30)33-24-12-18(15-34(2)29(24)39)21-7-9-32-27(23(21)16-37)36-11-8-25-22(28(36)38)14-20-6-4-5-10-35(20)25/h7,9,12-16,31H,4-6,8,10-11,17H2,1-3H3,(H2,30,33)/b19-13-. The van der Waals surface area contributed by atoms with Gasteiger partial charge in [0.25, 0.3) is 11.5 Å². The van der Waals surface area contributed by atoms with Crippen molar-refractivity contribution in [1.82, 2.24) is 19.4 Å². The van der Waals surface area contributed by atoms with Gasteiger partial charge in [-0.15, -0.1) is 0 Å². The van der Waals surface area contributed by atoms with E-state index in [1.807, 2.05) is 6.07 Å². The van der Waals surface area contributed by atoms with Crippen molar-refractivity contribution in [1.29, 1.82) is 5.41 Å². The third-order valence-corrected chi connectivity index (χ3v) is 7.45. The van der Waals surface area contributed by atoms with E-state index in [2.05, 4.69) is 20.2 Å². The molecule has 0 aromatic carbocycles. The first kappa shape index (κ1) is 27.1. The Balaban J connectivity index is 1.50. The predicted molar refractivity (Wildman–Crippen MR) is 153 cm³/mol. The summed E-state index contributed by atoms with van der Waals surface area (Å²) in [5.41, 5.74) is 4.81. The molecule has 0 unspecified atom stereocenters. The van der Waals surface area contributed by atoms with Crippen LogP contribution < -0.4 is 21.1 Å². The van der Waals surface area contributed by atoms with Crippen LogP contribution in [0.2, 0.25) is 0 Å². The van der Waals surface area contributed by atoms with E-state index in [-0.39, 0.29) is 35.2 Å². The molecule has 0 radical (unpaired) electrons. The fraction of sp³-hybridized carbons (Fsp3) is 0.345. The second kappa shape index (κ2) is 11.3. The van der Waals surface area contributed by atoms with Crippen molar-refractivity contribution in [2.24, 2.45) is 7.05 Å². The van der Waals surface area contributed by atoms with Gasteiger partial charge in [0.2, 0.25) is 0 Å². The summed E-state index contributed by atoms with van der Waals surface area (Å²) in [6.45, 7) is 1.64. The number of methoxy groups -OCH3 is 1. The molecule has 0 bridgehead atoms. The number of amides is 1. The molecule has 0 fully saturated rings. The first-order valence-electron chi connectivity index (χ1n) is 13.3. The summed E-state index contributed by atoms with van der Waals surface area (Å²) in [6.07, 6.45) is 9.32. The molecule has 11 nitrogen and oxygen atoms in total. The number of likely N-dealkylation sites (N-methyl/N-ethyl adjacent to an activating group) is 1. The maximum absolute atomic E-state index is 13.6. The van der Waals surface area contributed by atoms with Gasteiger partial charge in [0.05, 0.1) is 17.7 Å². The van der Waals surface area contributed by atoms with Crippen molar-refractivity contribution in [3.63, 3.8) is 0 Å². The normalized spacial score (nSPS) is 14.9. The largest absolute Gasteiger partial charge is 0.389 e. The van der Waals surface area contributed by atoms with Gasteiger partial charge in [-0.3, -0.25) is 24.7 Å². The highest BCUT2D eigenvalue weighted by atomic mass is 16.5. The van der Waals surface area contributed by atoms with Crippen LogP contribution in [0.3, 0.4) is 0 Å². The Bertz CT molecular complexity index is 1580. The summed E-state index contributed by atoms with van der Waals surface area (Å²) in [5, 5.41) is 14.1. The zero-order chi connectivity index (χ0) is 28.4. The molecular weight excluding hydrogens is 510 g/mol. The number of hydrogen-bond acceptors (Lipinski definition) is 7. The summed E-state index contributed by atoms with van der Waals surface area (Å²) >= 11 is 0. The van der Waals surface area contributed by atoms with Gasteiger partial charge in [0.15, 0.2) is 6.29 Å². The Morgan fingerprint density at radius 2 is 2.00 bits per heavy atom. The van der Waals surface area contributed by atoms with Crippen molar-refractivity contribution in [2.75, 3.05) is 37.5 Å². The smallest absolute Gasteiger partial charge is 0.274 e. The number of pyridine rings is 2. The van der Waals surface area contributed by atoms with Gasteiger partial charge < -0.3 is 24.5 Å². The molecule has 3 N–H and O–H groups in total. The molecule has 0 saturated carbocycles. The number of ether oxygens (including phenoxy) is 1. The lowest BCUT2D eigenvalue weighted by Crippen LogP contribution is -2.39. The summed E-state index contributed by atoms with van der Waals surface area (Å²) < 4.78 is 8.78. The minimum Gasteiger partial charge on any atom is -0.389 e. The molecule has 1 amide bonds. The molecule has 3 aromatic heterocycles. The van der Waals surface area contributed by atoms with Gasteiger partial charge in [-0.25, -0.2) is 4.98 Å². The van der Waals surface area contributed by atoms with E-state index in [4.69, 9.17) is 10.1 Å². The van der Waals surface area contributed by atoms with Gasteiger partial charge in [-0.2, -0.15) is 0 Å². The Morgan fingerprint density at radius 3 is 2.75 bits per heavy atom. The minimum absolute atomic E-state index is 0.00772. The van der Waals surface area contributed by atoms with Crippen molar-refractivity contribution >= 4 is 29.5 Å². The van der Waals surface area contributed by atoms with Crippen LogP contribution in [-0.4, -0.2) is 59.5 Å². The number of hydrogen-bond donors (Lipinski definition) is 3. The zero-order valence-electron chi connectivity index (χ0n) is 22.9. The zero-order valence-corrected chi connectivity index (χ0v) is 22.9. The lowest BCUT2D eigenvalue weighted by Gasteiger charge is -2.29. The lowest BCUT2D eigenvalue weighted by molar-refractivity contribution is 0.0979. The van der Waals surface area contributed by atoms with E-state index in [0.717, 1.165) is 31.5 Å². The van der Waals surface area contributed by atoms with Crippen LogP contribution in [0.4, 0.5) is 11.5 Å². The number of amidine groups is 1. The maximum Gasteiger partial charge on any atom is 0.274 e. The van der Waals surface area contributed by atoms with Crippen LogP contribution in [0.1, 0.15) is 44.9 Å². The number of aldehydes is 1. The van der Waals surface area contributed by atoms with Gasteiger partial charge in [0, 0.05) is 81.8 Å². The highest BCUT2D eigenvalue weighted by Gasteiger charge is 2.33. The molecule has 0 aliphatic carbocycles. The molecule has 11 heteroatoms. The number of aromatic nitrogens is 3. The fourth-order valence-corrected chi connectivity index (χ4v) is 5.52. The molecule has 208 valence electrons. The van der Waals surface area contributed by atoms with Crippen LogP contribution >= 0.6 is 0 Å². The van der Waals surface area contributed by atoms with Crippen LogP contribution in [0.15, 0.2) is 47.2 Å². The number of aryl methyl sites for hydroxylation is 2. The number of fused-ring (bicyclic) bond motifs is 3. The average Bonchev–Trinajstić information content (AvgIpc) is 3.34. The second-order valence-electron chi connectivity index (χ2n) is 9.98. The highest BCUT2D eigenvalue weighted by molar-refractivity contribution is 6.10. The molecule has 3 aromatic rings. The Morgan fingerprint density at radius 1 is 1.18 bits per heavy atom. The van der Waals surface area contributed by atoms with Crippen molar-refractivity contribution in [3.05, 3.63) is 75.2 Å². The summed E-state index contributed by atoms with van der Waals surface area (Å²) in [7, 11) is 4.88. The summed E-state index contributed by atoms with van der Waals surface area (Å²) in [5.74, 6) is 0.131. The number of rotatable bonds is 8. The number of anilines is 2. The van der Waals surface area contributed by atoms with E-state index in [1.165, 1.54) is 16.3 Å². The Hall–Kier alpha value is -4.51. The Kier molecular flexibility index (Phi) is 7.65. The molecular formula is C29H33N7O4. The third-order valence-electron chi connectivity index (χ3n) is 7.45. The van der Waals surface area contributed by atoms with Crippen molar-refractivity contribution in [2.45, 2.75) is 32.2 Å². The van der Waals surface area contributed by atoms with E-state index in [0.29, 0.717) is 47.5 Å². The van der Waals surface area contributed by atoms with E-state index < -0.39 is 0 Å². The van der Waals surface area contributed by atoms with Crippen LogP contribution in [0.5, 0.6) is 0 Å². The molecule has 0 atom stereocenters. The first-order valence-corrected chi connectivity index (χ1v) is 13.3. The van der Waals surface area contributed by atoms with Gasteiger partial charge in [-0.1, -0.05) is 0 Å². The number of carbonyl (C=O) groups excluding carboxylic acids is 2. The molecule has 0 saturated heterocycles. The topological polar surface area (TPSA) is 134 Å². The monoisotopic (exact) mass is 543 g/mol. The van der Waals surface area contributed by atoms with Gasteiger partial charge in [-0.05, 0) is 43.0 Å². The van der Waals surface area contributed by atoms with Gasteiger partial charge in [0.1, 0.15) is 17.3 Å². The lowest BCUT2D eigenvalue weighted by atomic mass is 10.0. The second-order valence-corrected chi connectivity index (χ2v) is 9.98. The van der Waals surface area contributed by atoms with Crippen molar-refractivity contribution < 1.29 is 14.3 Å². The molecule has 5 heterocycles. The predicted octanol–water partition coefficient (Wildman–Crippen LogP) is 2.74. The van der Waals surface area contributed by atoms with Crippen molar-refractivity contribution in [3.8, 4) is 11.1 Å². The number of nitrogens with zero attached hydrogens (tertiary/aromatic N) is 4. The van der Waals surface area contributed by atoms with Gasteiger partial charge >= 0.3 is 0 Å². The quantitative estimate of drug-likeness (QED) is 0.226. The maximum atomic E-state index is 13.6. The summed E-state index contributed by atoms with van der Waals surface area (Å²) in [4.78, 5) is 45.0. The molecule has 5 rings (SSSR count). The number of nitrogens with one attached hydrogen (secondary N) is 3. The average molecular weight is 544 g/mol. The number of carbonyl (C=O) groups is 2. The Labute approximate surface area is 232 Å². The van der Waals surface area contributed by atoms with Crippen LogP contribution in [-0.2, 0) is 31.2 Å². The third kappa shape index (κ3) is 4.95. The van der Waals surface area contributed by atoms with E-state index in [9.17, 15) is 14.4 Å². The summed E-state index contributed by atoms with van der Waals surface area (Å²) in [6, 6.07) is 5.29. The van der Waals surface area contributed by atoms with Crippen LogP contribution in [0, 0.1) is 5.41 Å². The molecule has 2 aliphatic rings.